The zero-order valence-electron chi connectivity index (χ0n) is 14.1. The average Bonchev–Trinajstić information content (AvgIpc) is 2.58. The molecule has 0 heterocycles. The average molecular weight is 464 g/mol. The van der Waals surface area contributed by atoms with Gasteiger partial charge in [-0.3, -0.25) is 0 Å². The monoisotopic (exact) mass is 463 g/mol. The van der Waals surface area contributed by atoms with Gasteiger partial charge < -0.3 is 9.47 Å². The van der Waals surface area contributed by atoms with Crippen molar-refractivity contribution in [3.05, 3.63) is 46.9 Å². The van der Waals surface area contributed by atoms with Crippen LogP contribution in [0.1, 0.15) is 0 Å². The summed E-state index contributed by atoms with van der Waals surface area (Å²) in [5, 5.41) is 0. The second-order valence-corrected chi connectivity index (χ2v) is 9.90. The Bertz CT molecular complexity index is 990. The van der Waals surface area contributed by atoms with Gasteiger partial charge in [0.15, 0.2) is 9.84 Å². The van der Waals surface area contributed by atoms with E-state index in [2.05, 4.69) is 20.7 Å². The molecule has 0 saturated carbocycles. The van der Waals surface area contributed by atoms with Crippen LogP contribution in [0.25, 0.3) is 0 Å². The lowest BCUT2D eigenvalue weighted by Crippen LogP contribution is -2.28. The van der Waals surface area contributed by atoms with Crippen molar-refractivity contribution in [1.82, 2.24) is 4.72 Å². The summed E-state index contributed by atoms with van der Waals surface area (Å²) >= 11 is 3.14. The molecule has 0 fully saturated rings. The smallest absolute Gasteiger partial charge is 0.241 e. The zero-order chi connectivity index (χ0) is 19.4. The van der Waals surface area contributed by atoms with E-state index >= 15 is 0 Å². The summed E-state index contributed by atoms with van der Waals surface area (Å²) in [5.41, 5.74) is 0. The number of hydrogen-bond donors (Lipinski definition) is 1. The first-order valence-corrected chi connectivity index (χ1v) is 11.6. The molecule has 7 nitrogen and oxygen atoms in total. The van der Waals surface area contributed by atoms with Gasteiger partial charge in [0, 0.05) is 23.3 Å². The molecule has 0 bridgehead atoms. The van der Waals surface area contributed by atoms with Gasteiger partial charge in [-0.1, -0.05) is 6.07 Å². The summed E-state index contributed by atoms with van der Waals surface area (Å²) in [4.78, 5) is -0.226. The first-order valence-electron chi connectivity index (χ1n) is 7.39. The van der Waals surface area contributed by atoms with Gasteiger partial charge in [0.2, 0.25) is 10.0 Å². The third-order valence-electron chi connectivity index (χ3n) is 3.32. The predicted octanol–water partition coefficient (Wildman–Crippen LogP) is 2.22. The summed E-state index contributed by atoms with van der Waals surface area (Å²) in [6, 6.07) is 10.8. The Morgan fingerprint density at radius 2 is 1.73 bits per heavy atom. The van der Waals surface area contributed by atoms with Gasteiger partial charge in [-0.2, -0.15) is 0 Å². The van der Waals surface area contributed by atoms with Crippen LogP contribution in [0.3, 0.4) is 0 Å². The lowest BCUT2D eigenvalue weighted by Gasteiger charge is -2.11. The van der Waals surface area contributed by atoms with E-state index in [1.807, 2.05) is 0 Å². The van der Waals surface area contributed by atoms with Crippen LogP contribution in [0.15, 0.2) is 56.7 Å². The number of ether oxygens (including phenoxy) is 2. The van der Waals surface area contributed by atoms with E-state index in [0.717, 1.165) is 12.3 Å². The summed E-state index contributed by atoms with van der Waals surface area (Å²) in [7, 11) is -5.89. The second-order valence-electron chi connectivity index (χ2n) is 5.29. The fourth-order valence-electron chi connectivity index (χ4n) is 2.03. The van der Waals surface area contributed by atoms with Crippen LogP contribution < -0.4 is 14.2 Å². The number of rotatable bonds is 8. The van der Waals surface area contributed by atoms with Crippen molar-refractivity contribution in [1.29, 1.82) is 0 Å². The van der Waals surface area contributed by atoms with E-state index in [4.69, 9.17) is 9.47 Å². The molecule has 0 atom stereocenters. The van der Waals surface area contributed by atoms with E-state index in [-0.39, 0.29) is 27.4 Å². The van der Waals surface area contributed by atoms with Crippen LogP contribution in [0.2, 0.25) is 0 Å². The molecule has 0 amide bonds. The number of methoxy groups -OCH3 is 1. The van der Waals surface area contributed by atoms with Gasteiger partial charge in [0.05, 0.1) is 16.9 Å². The molecule has 0 unspecified atom stereocenters. The molecule has 2 aromatic rings. The van der Waals surface area contributed by atoms with Crippen LogP contribution in [-0.4, -0.2) is 43.4 Å². The Morgan fingerprint density at radius 3 is 2.38 bits per heavy atom. The molecule has 142 valence electrons. The van der Waals surface area contributed by atoms with Gasteiger partial charge in [0.25, 0.3) is 0 Å². The van der Waals surface area contributed by atoms with E-state index in [1.54, 1.807) is 24.3 Å². The molecule has 2 aromatic carbocycles. The summed E-state index contributed by atoms with van der Waals surface area (Å²) in [6.07, 6.45) is 1.02. The number of benzene rings is 2. The highest BCUT2D eigenvalue weighted by Gasteiger charge is 2.20. The lowest BCUT2D eigenvalue weighted by molar-refractivity contribution is 0.320. The number of sulfone groups is 1. The topological polar surface area (TPSA) is 98.8 Å². The second kappa shape index (κ2) is 8.38. The van der Waals surface area contributed by atoms with Crippen molar-refractivity contribution in [2.24, 2.45) is 0 Å². The van der Waals surface area contributed by atoms with Crippen molar-refractivity contribution >= 4 is 35.8 Å². The third-order valence-corrected chi connectivity index (χ3v) is 6.89. The highest BCUT2D eigenvalue weighted by atomic mass is 79.9. The Balaban J connectivity index is 2.05. The molecule has 0 radical (unpaired) electrons. The van der Waals surface area contributed by atoms with Crippen molar-refractivity contribution in [2.45, 2.75) is 9.79 Å². The number of hydrogen-bond acceptors (Lipinski definition) is 6. The van der Waals surface area contributed by atoms with Gasteiger partial charge in [-0.05, 0) is 46.3 Å². The Morgan fingerprint density at radius 1 is 1.04 bits per heavy atom. The third kappa shape index (κ3) is 5.44. The Hall–Kier alpha value is -1.62. The number of halogens is 1. The molecule has 10 heteroatoms. The van der Waals surface area contributed by atoms with Crippen LogP contribution >= 0.6 is 15.9 Å². The largest absolute Gasteiger partial charge is 0.497 e. The predicted molar refractivity (Wildman–Crippen MR) is 101 cm³/mol. The Kier molecular flexibility index (Phi) is 6.67. The van der Waals surface area contributed by atoms with Crippen LogP contribution in [0.4, 0.5) is 0 Å². The van der Waals surface area contributed by atoms with Gasteiger partial charge in [-0.25, -0.2) is 21.6 Å². The number of sulfonamides is 1. The van der Waals surface area contributed by atoms with E-state index < -0.39 is 19.9 Å². The maximum atomic E-state index is 12.4. The maximum Gasteiger partial charge on any atom is 0.241 e. The molecule has 0 aromatic heterocycles. The van der Waals surface area contributed by atoms with Gasteiger partial charge in [0.1, 0.15) is 18.1 Å². The molecular weight excluding hydrogens is 446 g/mol. The standard InChI is InChI=1S/C16H18BrNO6S2/c1-23-12-4-3-5-13(10-12)24-9-8-18-26(21,22)16-11-14(25(2,19)20)6-7-15(16)17/h3-7,10-11,18H,8-9H2,1-2H3. The highest BCUT2D eigenvalue weighted by molar-refractivity contribution is 9.10. The first-order chi connectivity index (χ1) is 12.1. The fraction of sp³-hybridized carbons (Fsp3) is 0.250. The molecular formula is C16H18BrNO6S2. The molecule has 0 spiro atoms. The minimum Gasteiger partial charge on any atom is -0.497 e. The molecule has 0 aliphatic rings. The maximum absolute atomic E-state index is 12.4. The zero-order valence-corrected chi connectivity index (χ0v) is 17.3. The van der Waals surface area contributed by atoms with Crippen molar-refractivity contribution in [3.8, 4) is 11.5 Å². The minimum atomic E-state index is -3.91. The van der Waals surface area contributed by atoms with Crippen molar-refractivity contribution in [3.63, 3.8) is 0 Å². The first kappa shape index (κ1) is 20.7. The van der Waals surface area contributed by atoms with E-state index in [0.29, 0.717) is 11.5 Å². The SMILES string of the molecule is COc1cccc(OCCNS(=O)(=O)c2cc(S(C)(=O)=O)ccc2Br)c1. The molecule has 1 N–H and O–H groups in total. The van der Waals surface area contributed by atoms with Crippen molar-refractivity contribution in [2.75, 3.05) is 26.5 Å². The molecule has 0 aliphatic carbocycles. The molecule has 0 saturated heterocycles. The quantitative estimate of drug-likeness (QED) is 0.602. The fourth-order valence-corrected chi connectivity index (χ4v) is 4.76. The van der Waals surface area contributed by atoms with E-state index in [1.165, 1.54) is 19.2 Å². The Labute approximate surface area is 161 Å². The van der Waals surface area contributed by atoms with Crippen LogP contribution in [-0.2, 0) is 19.9 Å². The van der Waals surface area contributed by atoms with Gasteiger partial charge >= 0.3 is 0 Å². The lowest BCUT2D eigenvalue weighted by atomic mass is 10.3. The van der Waals surface area contributed by atoms with E-state index in [9.17, 15) is 16.8 Å². The number of nitrogens with one attached hydrogen (secondary N) is 1. The highest BCUT2D eigenvalue weighted by Crippen LogP contribution is 2.25. The van der Waals surface area contributed by atoms with Crippen molar-refractivity contribution < 1.29 is 26.3 Å². The summed E-state index contributed by atoms with van der Waals surface area (Å²) in [5.74, 6) is 1.17. The summed E-state index contributed by atoms with van der Waals surface area (Å²) < 4.78 is 61.3. The summed E-state index contributed by atoms with van der Waals surface area (Å²) in [6.45, 7) is 0.102. The molecule has 0 aliphatic heterocycles. The minimum absolute atomic E-state index is 0.00901. The van der Waals surface area contributed by atoms with Crippen LogP contribution in [0.5, 0.6) is 11.5 Å². The normalized spacial score (nSPS) is 12.0. The molecule has 26 heavy (non-hydrogen) atoms. The van der Waals surface area contributed by atoms with Crippen LogP contribution in [0, 0.1) is 0 Å². The molecule has 2 rings (SSSR count). The van der Waals surface area contributed by atoms with Gasteiger partial charge in [-0.15, -0.1) is 0 Å².